The Labute approximate surface area is 119 Å². The summed E-state index contributed by atoms with van der Waals surface area (Å²) in [4.78, 5) is 12.3. The van der Waals surface area contributed by atoms with Crippen LogP contribution in [-0.4, -0.2) is 34.3 Å². The van der Waals surface area contributed by atoms with Crippen LogP contribution in [0.2, 0.25) is 0 Å². The second-order valence-electron chi connectivity index (χ2n) is 5.75. The lowest BCUT2D eigenvalue weighted by molar-refractivity contribution is 0.0831. The van der Waals surface area contributed by atoms with E-state index in [9.17, 15) is 4.79 Å². The standard InChI is InChI=1S/C14H25N3O3/c1-7-14(5,15-6)13(3,4)16-12(19)11-9(2)10(8-18)20-17-11/h15,18H,7-8H2,1-6H3,(H,16,19). The predicted molar refractivity (Wildman–Crippen MR) is 76.5 cm³/mol. The number of aliphatic hydroxyl groups is 1. The molecule has 0 aromatic carbocycles. The molecule has 0 spiro atoms. The van der Waals surface area contributed by atoms with Crippen molar-refractivity contribution in [3.05, 3.63) is 17.0 Å². The first-order chi connectivity index (χ1) is 9.22. The maximum absolute atomic E-state index is 12.3. The molecule has 1 rings (SSSR count). The van der Waals surface area contributed by atoms with Crippen molar-refractivity contribution in [1.29, 1.82) is 0 Å². The number of carbonyl (C=O) groups is 1. The van der Waals surface area contributed by atoms with Crippen LogP contribution >= 0.6 is 0 Å². The van der Waals surface area contributed by atoms with E-state index in [1.54, 1.807) is 6.92 Å². The predicted octanol–water partition coefficient (Wildman–Crippen LogP) is 1.37. The summed E-state index contributed by atoms with van der Waals surface area (Å²) < 4.78 is 4.94. The summed E-state index contributed by atoms with van der Waals surface area (Å²) in [5, 5.41) is 19.1. The Morgan fingerprint density at radius 1 is 1.40 bits per heavy atom. The minimum absolute atomic E-state index is 0.219. The average molecular weight is 283 g/mol. The summed E-state index contributed by atoms with van der Waals surface area (Å²) in [6.07, 6.45) is 0.858. The highest BCUT2D eigenvalue weighted by Crippen LogP contribution is 2.25. The van der Waals surface area contributed by atoms with Gasteiger partial charge in [0, 0.05) is 11.1 Å². The number of carbonyl (C=O) groups excluding carboxylic acids is 1. The zero-order chi connectivity index (χ0) is 15.6. The van der Waals surface area contributed by atoms with Crippen molar-refractivity contribution >= 4 is 5.91 Å². The molecule has 6 heteroatoms. The van der Waals surface area contributed by atoms with Crippen molar-refractivity contribution in [1.82, 2.24) is 15.8 Å². The van der Waals surface area contributed by atoms with Gasteiger partial charge in [-0.25, -0.2) is 0 Å². The van der Waals surface area contributed by atoms with Crippen molar-refractivity contribution < 1.29 is 14.4 Å². The normalized spacial score (nSPS) is 14.9. The Hall–Kier alpha value is -1.40. The molecule has 0 bridgehead atoms. The number of likely N-dealkylation sites (N-methyl/N-ethyl adjacent to an activating group) is 1. The van der Waals surface area contributed by atoms with Gasteiger partial charge >= 0.3 is 0 Å². The molecule has 0 fully saturated rings. The molecule has 1 heterocycles. The average Bonchev–Trinajstić information content (AvgIpc) is 2.78. The van der Waals surface area contributed by atoms with Crippen LogP contribution in [0.4, 0.5) is 0 Å². The number of rotatable bonds is 6. The first-order valence-corrected chi connectivity index (χ1v) is 6.79. The lowest BCUT2D eigenvalue weighted by Crippen LogP contribution is -2.64. The number of hydrogen-bond acceptors (Lipinski definition) is 5. The first-order valence-electron chi connectivity index (χ1n) is 6.79. The summed E-state index contributed by atoms with van der Waals surface area (Å²) in [5.41, 5.74) is 0.0680. The molecule has 6 nitrogen and oxygen atoms in total. The van der Waals surface area contributed by atoms with E-state index in [1.165, 1.54) is 0 Å². The zero-order valence-electron chi connectivity index (χ0n) is 13.1. The van der Waals surface area contributed by atoms with Crippen molar-refractivity contribution in [2.75, 3.05) is 7.05 Å². The van der Waals surface area contributed by atoms with E-state index in [2.05, 4.69) is 29.6 Å². The van der Waals surface area contributed by atoms with Gasteiger partial charge in [0.25, 0.3) is 5.91 Å². The van der Waals surface area contributed by atoms with E-state index in [-0.39, 0.29) is 23.7 Å². The van der Waals surface area contributed by atoms with Crippen LogP contribution in [0.15, 0.2) is 4.52 Å². The summed E-state index contributed by atoms with van der Waals surface area (Å²) in [6, 6.07) is 0. The quantitative estimate of drug-likeness (QED) is 0.734. The number of aliphatic hydroxyl groups excluding tert-OH is 1. The highest BCUT2D eigenvalue weighted by Gasteiger charge is 2.40. The van der Waals surface area contributed by atoms with Gasteiger partial charge in [-0.3, -0.25) is 4.79 Å². The van der Waals surface area contributed by atoms with Crippen molar-refractivity contribution in [2.24, 2.45) is 0 Å². The topological polar surface area (TPSA) is 87.4 Å². The molecular weight excluding hydrogens is 258 g/mol. The third kappa shape index (κ3) is 2.86. The van der Waals surface area contributed by atoms with Gasteiger partial charge in [-0.05, 0) is 41.2 Å². The van der Waals surface area contributed by atoms with E-state index < -0.39 is 5.54 Å². The van der Waals surface area contributed by atoms with Gasteiger partial charge in [-0.15, -0.1) is 0 Å². The summed E-state index contributed by atoms with van der Waals surface area (Å²) in [5.74, 6) is 0.0192. The Morgan fingerprint density at radius 2 is 2.00 bits per heavy atom. The van der Waals surface area contributed by atoms with Crippen LogP contribution in [0.25, 0.3) is 0 Å². The van der Waals surface area contributed by atoms with Gasteiger partial charge in [-0.1, -0.05) is 12.1 Å². The smallest absolute Gasteiger partial charge is 0.274 e. The minimum Gasteiger partial charge on any atom is -0.388 e. The first kappa shape index (κ1) is 16.7. The maximum atomic E-state index is 12.3. The summed E-state index contributed by atoms with van der Waals surface area (Å²) >= 11 is 0. The van der Waals surface area contributed by atoms with Crippen molar-refractivity contribution in [2.45, 2.75) is 58.7 Å². The van der Waals surface area contributed by atoms with E-state index >= 15 is 0 Å². The summed E-state index contributed by atoms with van der Waals surface area (Å²) in [7, 11) is 1.88. The highest BCUT2D eigenvalue weighted by molar-refractivity contribution is 5.94. The molecule has 0 aliphatic rings. The molecule has 0 aliphatic carbocycles. The van der Waals surface area contributed by atoms with E-state index in [0.717, 1.165) is 6.42 Å². The molecule has 114 valence electrons. The van der Waals surface area contributed by atoms with Crippen LogP contribution in [0, 0.1) is 6.92 Å². The molecule has 3 N–H and O–H groups in total. The minimum atomic E-state index is -0.474. The number of aromatic nitrogens is 1. The maximum Gasteiger partial charge on any atom is 0.274 e. The molecule has 1 unspecified atom stereocenters. The van der Waals surface area contributed by atoms with Crippen LogP contribution in [0.5, 0.6) is 0 Å². The second kappa shape index (κ2) is 5.93. The van der Waals surface area contributed by atoms with Gasteiger partial charge in [0.15, 0.2) is 11.5 Å². The number of hydrogen-bond donors (Lipinski definition) is 3. The molecule has 0 aliphatic heterocycles. The van der Waals surface area contributed by atoms with Crippen LogP contribution in [0.3, 0.4) is 0 Å². The molecule has 1 aromatic heterocycles. The van der Waals surface area contributed by atoms with Crippen molar-refractivity contribution in [3.8, 4) is 0 Å². The largest absolute Gasteiger partial charge is 0.388 e. The van der Waals surface area contributed by atoms with Gasteiger partial charge < -0.3 is 20.3 Å². The fraction of sp³-hybridized carbons (Fsp3) is 0.714. The molecule has 0 saturated carbocycles. The molecule has 0 saturated heterocycles. The Kier molecular flexibility index (Phi) is 4.94. The highest BCUT2D eigenvalue weighted by atomic mass is 16.5. The Balaban J connectivity index is 2.97. The fourth-order valence-electron chi connectivity index (χ4n) is 2.14. The Bertz CT molecular complexity index is 476. The number of nitrogens with one attached hydrogen (secondary N) is 2. The molecule has 0 radical (unpaired) electrons. The fourth-order valence-corrected chi connectivity index (χ4v) is 2.14. The number of nitrogens with zero attached hydrogens (tertiary/aromatic N) is 1. The monoisotopic (exact) mass is 283 g/mol. The van der Waals surface area contributed by atoms with E-state index in [4.69, 9.17) is 9.63 Å². The Morgan fingerprint density at radius 3 is 2.40 bits per heavy atom. The molecule has 1 atom stereocenters. The lowest BCUT2D eigenvalue weighted by Gasteiger charge is -2.44. The van der Waals surface area contributed by atoms with Crippen LogP contribution < -0.4 is 10.6 Å². The zero-order valence-corrected chi connectivity index (χ0v) is 13.1. The second-order valence-corrected chi connectivity index (χ2v) is 5.75. The van der Waals surface area contributed by atoms with Gasteiger partial charge in [-0.2, -0.15) is 0 Å². The van der Waals surface area contributed by atoms with Crippen LogP contribution in [-0.2, 0) is 6.61 Å². The van der Waals surface area contributed by atoms with Crippen LogP contribution in [0.1, 0.15) is 55.9 Å². The SMILES string of the molecule is CCC(C)(NC)C(C)(C)NC(=O)c1noc(CO)c1C. The van der Waals surface area contributed by atoms with Gasteiger partial charge in [0.05, 0.1) is 5.54 Å². The molecular formula is C14H25N3O3. The third-order valence-electron chi connectivity index (χ3n) is 4.44. The van der Waals surface area contributed by atoms with E-state index in [0.29, 0.717) is 11.3 Å². The van der Waals surface area contributed by atoms with Crippen molar-refractivity contribution in [3.63, 3.8) is 0 Å². The molecule has 20 heavy (non-hydrogen) atoms. The van der Waals surface area contributed by atoms with Gasteiger partial charge in [0.1, 0.15) is 6.61 Å². The molecule has 1 amide bonds. The third-order valence-corrected chi connectivity index (χ3v) is 4.44. The number of amides is 1. The summed E-state index contributed by atoms with van der Waals surface area (Å²) in [6.45, 7) is 9.50. The molecule has 1 aromatic rings. The lowest BCUT2D eigenvalue weighted by atomic mass is 9.78. The van der Waals surface area contributed by atoms with E-state index in [1.807, 2.05) is 20.9 Å². The van der Waals surface area contributed by atoms with Gasteiger partial charge in [0.2, 0.25) is 0 Å².